The molecule has 0 bridgehead atoms. The van der Waals surface area contributed by atoms with Gasteiger partial charge < -0.3 is 10.6 Å². The van der Waals surface area contributed by atoms with Gasteiger partial charge in [0.2, 0.25) is 5.91 Å². The summed E-state index contributed by atoms with van der Waals surface area (Å²) in [5.41, 5.74) is 6.53. The molecular weight excluding hydrogens is 262 g/mol. The maximum Gasteiger partial charge on any atom is 0.227 e. The molecule has 114 valence electrons. The number of anilines is 1. The van der Waals surface area contributed by atoms with E-state index in [4.69, 9.17) is 11.0 Å². The second kappa shape index (κ2) is 8.43. The lowest BCUT2D eigenvalue weighted by Gasteiger charge is -2.26. The Morgan fingerprint density at radius 2 is 1.95 bits per heavy atom. The van der Waals surface area contributed by atoms with Crippen molar-refractivity contribution in [3.63, 3.8) is 0 Å². The molecule has 21 heavy (non-hydrogen) atoms. The van der Waals surface area contributed by atoms with Crippen molar-refractivity contribution in [1.82, 2.24) is 0 Å². The Balaban J connectivity index is 2.71. The number of amides is 1. The van der Waals surface area contributed by atoms with Crippen molar-refractivity contribution in [2.75, 3.05) is 18.0 Å². The fourth-order valence-electron chi connectivity index (χ4n) is 2.26. The fourth-order valence-corrected chi connectivity index (χ4v) is 2.26. The van der Waals surface area contributed by atoms with Gasteiger partial charge in [-0.25, -0.2) is 0 Å². The van der Waals surface area contributed by atoms with Crippen LogP contribution in [0.2, 0.25) is 0 Å². The number of hydrogen-bond acceptors (Lipinski definition) is 3. The molecule has 2 N–H and O–H groups in total. The molecule has 0 radical (unpaired) electrons. The molecule has 0 aliphatic heterocycles. The monoisotopic (exact) mass is 287 g/mol. The molecule has 0 saturated heterocycles. The standard InChI is InChI=1S/C17H25N3O/c1-17(2,11-13-19)10-9-16(21)20(14-6-12-18)15-7-4-3-5-8-15/h3-5,7-8H,6,9-11,13-14,19H2,1-2H3. The first-order valence-electron chi connectivity index (χ1n) is 7.42. The lowest BCUT2D eigenvalue weighted by Crippen LogP contribution is -2.32. The number of carbonyl (C=O) groups excluding carboxylic acids is 1. The van der Waals surface area contributed by atoms with Crippen molar-refractivity contribution in [1.29, 1.82) is 5.26 Å². The van der Waals surface area contributed by atoms with Crippen LogP contribution >= 0.6 is 0 Å². The Bertz CT molecular complexity index is 477. The lowest BCUT2D eigenvalue weighted by molar-refractivity contribution is -0.119. The summed E-state index contributed by atoms with van der Waals surface area (Å²) in [5.74, 6) is 0.0709. The third kappa shape index (κ3) is 5.97. The van der Waals surface area contributed by atoms with Crippen LogP contribution in [0, 0.1) is 16.7 Å². The molecule has 0 atom stereocenters. The smallest absolute Gasteiger partial charge is 0.227 e. The van der Waals surface area contributed by atoms with E-state index in [2.05, 4.69) is 19.9 Å². The molecule has 0 aromatic heterocycles. The minimum atomic E-state index is 0.0709. The van der Waals surface area contributed by atoms with Gasteiger partial charge in [-0.2, -0.15) is 5.26 Å². The summed E-state index contributed by atoms with van der Waals surface area (Å²) in [5, 5.41) is 8.77. The zero-order valence-electron chi connectivity index (χ0n) is 13.0. The number of carbonyl (C=O) groups is 1. The van der Waals surface area contributed by atoms with Gasteiger partial charge in [0.05, 0.1) is 12.5 Å². The average Bonchev–Trinajstić information content (AvgIpc) is 2.47. The molecule has 0 saturated carbocycles. The Hall–Kier alpha value is -1.86. The summed E-state index contributed by atoms with van der Waals surface area (Å²) >= 11 is 0. The van der Waals surface area contributed by atoms with Gasteiger partial charge in [0.1, 0.15) is 0 Å². The van der Waals surface area contributed by atoms with E-state index in [0.717, 1.165) is 18.5 Å². The maximum absolute atomic E-state index is 12.5. The highest BCUT2D eigenvalue weighted by Crippen LogP contribution is 2.27. The largest absolute Gasteiger partial charge is 0.330 e. The third-order valence-electron chi connectivity index (χ3n) is 3.65. The first-order chi connectivity index (χ1) is 10.00. The van der Waals surface area contributed by atoms with Gasteiger partial charge in [0, 0.05) is 18.7 Å². The topological polar surface area (TPSA) is 70.1 Å². The molecule has 1 aromatic carbocycles. The van der Waals surface area contributed by atoms with Gasteiger partial charge in [-0.15, -0.1) is 0 Å². The van der Waals surface area contributed by atoms with E-state index in [1.54, 1.807) is 4.90 Å². The first-order valence-corrected chi connectivity index (χ1v) is 7.42. The Labute approximate surface area is 127 Å². The Morgan fingerprint density at radius 3 is 2.52 bits per heavy atom. The summed E-state index contributed by atoms with van der Waals surface area (Å²) in [6, 6.07) is 11.6. The number of rotatable bonds is 8. The Morgan fingerprint density at radius 1 is 1.29 bits per heavy atom. The van der Waals surface area contributed by atoms with E-state index in [0.29, 0.717) is 25.9 Å². The van der Waals surface area contributed by atoms with Crippen LogP contribution in [0.5, 0.6) is 0 Å². The highest BCUT2D eigenvalue weighted by atomic mass is 16.2. The molecule has 0 spiro atoms. The van der Waals surface area contributed by atoms with E-state index in [1.807, 2.05) is 30.3 Å². The molecule has 1 amide bonds. The van der Waals surface area contributed by atoms with E-state index >= 15 is 0 Å². The van der Waals surface area contributed by atoms with Gasteiger partial charge in [0.15, 0.2) is 0 Å². The predicted octanol–water partition coefficient (Wildman–Crippen LogP) is 3.09. The molecule has 0 fully saturated rings. The molecule has 4 heteroatoms. The van der Waals surface area contributed by atoms with Gasteiger partial charge in [-0.3, -0.25) is 4.79 Å². The minimum absolute atomic E-state index is 0.0709. The van der Waals surface area contributed by atoms with Crippen LogP contribution in [0.4, 0.5) is 5.69 Å². The van der Waals surface area contributed by atoms with Gasteiger partial charge >= 0.3 is 0 Å². The molecule has 0 unspecified atom stereocenters. The van der Waals surface area contributed by atoms with E-state index in [1.165, 1.54) is 0 Å². The minimum Gasteiger partial charge on any atom is -0.330 e. The molecule has 1 aromatic rings. The number of nitriles is 1. The average molecular weight is 287 g/mol. The second-order valence-corrected chi connectivity index (χ2v) is 5.99. The summed E-state index contributed by atoms with van der Waals surface area (Å²) in [6.45, 7) is 5.35. The fraction of sp³-hybridized carbons (Fsp3) is 0.529. The maximum atomic E-state index is 12.5. The number of nitrogens with zero attached hydrogens (tertiary/aromatic N) is 2. The summed E-state index contributed by atoms with van der Waals surface area (Å²) in [7, 11) is 0. The SMILES string of the molecule is CC(C)(CCN)CCC(=O)N(CCC#N)c1ccccc1. The number of benzene rings is 1. The van der Waals surface area contributed by atoms with Crippen molar-refractivity contribution >= 4 is 11.6 Å². The van der Waals surface area contributed by atoms with E-state index in [9.17, 15) is 4.79 Å². The van der Waals surface area contributed by atoms with E-state index in [-0.39, 0.29) is 11.3 Å². The van der Waals surface area contributed by atoms with Crippen molar-refractivity contribution < 1.29 is 4.79 Å². The Kier molecular flexibility index (Phi) is 6.90. The summed E-state index contributed by atoms with van der Waals surface area (Å²) in [4.78, 5) is 14.2. The van der Waals surface area contributed by atoms with E-state index < -0.39 is 0 Å². The zero-order chi connectivity index (χ0) is 15.7. The van der Waals surface area contributed by atoms with Crippen LogP contribution in [0.25, 0.3) is 0 Å². The second-order valence-electron chi connectivity index (χ2n) is 5.99. The number of nitrogens with two attached hydrogens (primary N) is 1. The van der Waals surface area contributed by atoms with Crippen molar-refractivity contribution in [2.45, 2.75) is 39.5 Å². The van der Waals surface area contributed by atoms with Crippen LogP contribution in [-0.2, 0) is 4.79 Å². The van der Waals surface area contributed by atoms with Gasteiger partial charge in [-0.05, 0) is 36.9 Å². The van der Waals surface area contributed by atoms with Crippen molar-refractivity contribution in [2.24, 2.45) is 11.1 Å². The normalized spacial score (nSPS) is 11.0. The van der Waals surface area contributed by atoms with Crippen LogP contribution in [0.15, 0.2) is 30.3 Å². The molecule has 1 rings (SSSR count). The lowest BCUT2D eigenvalue weighted by atomic mass is 9.84. The highest BCUT2D eigenvalue weighted by molar-refractivity contribution is 5.93. The predicted molar refractivity (Wildman–Crippen MR) is 85.7 cm³/mol. The number of para-hydroxylation sites is 1. The highest BCUT2D eigenvalue weighted by Gasteiger charge is 2.21. The van der Waals surface area contributed by atoms with Crippen molar-refractivity contribution in [3.05, 3.63) is 30.3 Å². The summed E-state index contributed by atoms with van der Waals surface area (Å²) < 4.78 is 0. The van der Waals surface area contributed by atoms with Crippen molar-refractivity contribution in [3.8, 4) is 6.07 Å². The molecule has 0 aliphatic carbocycles. The first kappa shape index (κ1) is 17.2. The molecular formula is C17H25N3O. The molecule has 0 aliphatic rings. The molecule has 0 heterocycles. The van der Waals surface area contributed by atoms with Gasteiger partial charge in [0.25, 0.3) is 0 Å². The quantitative estimate of drug-likeness (QED) is 0.798. The number of hydrogen-bond donors (Lipinski definition) is 1. The van der Waals surface area contributed by atoms with Crippen LogP contribution < -0.4 is 10.6 Å². The zero-order valence-corrected chi connectivity index (χ0v) is 13.0. The van der Waals surface area contributed by atoms with Crippen LogP contribution in [0.1, 0.15) is 39.5 Å². The summed E-state index contributed by atoms with van der Waals surface area (Å²) in [6.07, 6.45) is 2.53. The van der Waals surface area contributed by atoms with Crippen LogP contribution in [0.3, 0.4) is 0 Å². The third-order valence-corrected chi connectivity index (χ3v) is 3.65. The molecule has 4 nitrogen and oxygen atoms in total. The van der Waals surface area contributed by atoms with Crippen LogP contribution in [-0.4, -0.2) is 19.0 Å². The van der Waals surface area contributed by atoms with Gasteiger partial charge in [-0.1, -0.05) is 32.0 Å².